The molecule has 0 unspecified atom stereocenters. The number of methoxy groups -OCH3 is 1. The molecule has 0 bridgehead atoms. The van der Waals surface area contributed by atoms with E-state index in [1.54, 1.807) is 14.0 Å². The van der Waals surface area contributed by atoms with Crippen molar-refractivity contribution >= 4 is 0 Å². The van der Waals surface area contributed by atoms with Crippen LogP contribution in [0.4, 0.5) is 0 Å². The second-order valence-corrected chi connectivity index (χ2v) is 4.37. The van der Waals surface area contributed by atoms with Crippen molar-refractivity contribution in [2.24, 2.45) is 0 Å². The van der Waals surface area contributed by atoms with E-state index in [1.165, 1.54) is 0 Å². The van der Waals surface area contributed by atoms with E-state index in [-0.39, 0.29) is 6.79 Å². The average Bonchev–Trinajstić information content (AvgIpc) is 3.06. The molecule has 0 fully saturated rings. The molecule has 1 aromatic heterocycles. The molecule has 7 heteroatoms. The Balaban J connectivity index is 1.65. The summed E-state index contributed by atoms with van der Waals surface area (Å²) in [6.07, 6.45) is 0. The van der Waals surface area contributed by atoms with E-state index in [2.05, 4.69) is 15.5 Å². The van der Waals surface area contributed by atoms with Crippen LogP contribution in [-0.2, 0) is 13.1 Å². The fourth-order valence-corrected chi connectivity index (χ4v) is 2.02. The molecule has 0 amide bonds. The van der Waals surface area contributed by atoms with Crippen LogP contribution in [0.3, 0.4) is 0 Å². The molecule has 0 radical (unpaired) electrons. The van der Waals surface area contributed by atoms with E-state index < -0.39 is 0 Å². The number of nitrogens with one attached hydrogen (secondary N) is 1. The molecule has 7 nitrogen and oxygen atoms in total. The summed E-state index contributed by atoms with van der Waals surface area (Å²) < 4.78 is 20.9. The van der Waals surface area contributed by atoms with E-state index in [0.29, 0.717) is 42.1 Å². The minimum Gasteiger partial charge on any atom is -0.493 e. The number of benzene rings is 1. The zero-order valence-corrected chi connectivity index (χ0v) is 11.3. The van der Waals surface area contributed by atoms with E-state index in [9.17, 15) is 0 Å². The van der Waals surface area contributed by atoms with E-state index >= 15 is 0 Å². The molecule has 2 aromatic rings. The summed E-state index contributed by atoms with van der Waals surface area (Å²) in [6, 6.07) is 3.85. The first-order valence-electron chi connectivity index (χ1n) is 6.22. The van der Waals surface area contributed by atoms with E-state index in [1.807, 2.05) is 12.1 Å². The van der Waals surface area contributed by atoms with Crippen LogP contribution < -0.4 is 19.5 Å². The van der Waals surface area contributed by atoms with E-state index in [4.69, 9.17) is 18.7 Å². The van der Waals surface area contributed by atoms with Crippen molar-refractivity contribution in [3.05, 3.63) is 29.4 Å². The van der Waals surface area contributed by atoms with Crippen molar-refractivity contribution in [3.63, 3.8) is 0 Å². The summed E-state index contributed by atoms with van der Waals surface area (Å²) in [5.41, 5.74) is 1.03. The molecule has 1 aliphatic heterocycles. The number of fused-ring (bicyclic) bond motifs is 1. The lowest BCUT2D eigenvalue weighted by Gasteiger charge is -2.08. The zero-order chi connectivity index (χ0) is 13.9. The van der Waals surface area contributed by atoms with Crippen molar-refractivity contribution in [2.45, 2.75) is 20.0 Å². The van der Waals surface area contributed by atoms with Crippen LogP contribution in [0.2, 0.25) is 0 Å². The third-order valence-corrected chi connectivity index (χ3v) is 2.90. The molecule has 3 rings (SSSR count). The fourth-order valence-electron chi connectivity index (χ4n) is 2.02. The van der Waals surface area contributed by atoms with Crippen LogP contribution >= 0.6 is 0 Å². The second-order valence-electron chi connectivity index (χ2n) is 4.37. The molecule has 0 saturated carbocycles. The van der Waals surface area contributed by atoms with Gasteiger partial charge in [0, 0.05) is 13.5 Å². The van der Waals surface area contributed by atoms with Crippen molar-refractivity contribution in [2.75, 3.05) is 13.9 Å². The van der Waals surface area contributed by atoms with Gasteiger partial charge in [-0.3, -0.25) is 0 Å². The molecule has 0 spiro atoms. The highest BCUT2D eigenvalue weighted by Crippen LogP contribution is 2.41. The maximum Gasteiger partial charge on any atom is 0.231 e. The van der Waals surface area contributed by atoms with Gasteiger partial charge in [0.1, 0.15) is 0 Å². The van der Waals surface area contributed by atoms with Gasteiger partial charge in [0.15, 0.2) is 17.3 Å². The number of rotatable bonds is 5. The third-order valence-electron chi connectivity index (χ3n) is 2.90. The molecule has 0 saturated heterocycles. The Morgan fingerprint density at radius 3 is 2.95 bits per heavy atom. The molecule has 1 N–H and O–H groups in total. The Hall–Kier alpha value is -2.28. The van der Waals surface area contributed by atoms with Gasteiger partial charge in [0.25, 0.3) is 0 Å². The average molecular weight is 277 g/mol. The minimum atomic E-state index is 0.227. The minimum absolute atomic E-state index is 0.227. The summed E-state index contributed by atoms with van der Waals surface area (Å²) in [5, 5.41) is 7.06. The van der Waals surface area contributed by atoms with Gasteiger partial charge in [-0.05, 0) is 17.7 Å². The molecule has 20 heavy (non-hydrogen) atoms. The molecule has 0 atom stereocenters. The van der Waals surface area contributed by atoms with Crippen LogP contribution in [0.25, 0.3) is 0 Å². The first-order chi connectivity index (χ1) is 9.76. The quantitative estimate of drug-likeness (QED) is 0.885. The summed E-state index contributed by atoms with van der Waals surface area (Å²) in [5.74, 6) is 3.23. The van der Waals surface area contributed by atoms with Gasteiger partial charge >= 0.3 is 0 Å². The Kier molecular flexibility index (Phi) is 3.42. The Bertz CT molecular complexity index is 612. The largest absolute Gasteiger partial charge is 0.493 e. The molecule has 1 aliphatic rings. The van der Waals surface area contributed by atoms with Gasteiger partial charge in [-0.1, -0.05) is 5.16 Å². The maximum atomic E-state index is 5.38. The van der Waals surface area contributed by atoms with Crippen molar-refractivity contribution in [1.29, 1.82) is 0 Å². The highest BCUT2D eigenvalue weighted by Gasteiger charge is 2.19. The highest BCUT2D eigenvalue weighted by molar-refractivity contribution is 5.55. The van der Waals surface area contributed by atoms with Crippen LogP contribution in [0.15, 0.2) is 16.7 Å². The van der Waals surface area contributed by atoms with Gasteiger partial charge in [-0.2, -0.15) is 4.98 Å². The normalized spacial score (nSPS) is 12.7. The second kappa shape index (κ2) is 5.38. The molecule has 1 aromatic carbocycles. The lowest BCUT2D eigenvalue weighted by atomic mass is 10.2. The monoisotopic (exact) mass is 277 g/mol. The summed E-state index contributed by atoms with van der Waals surface area (Å²) in [4.78, 5) is 4.12. The third kappa shape index (κ3) is 2.53. The first kappa shape index (κ1) is 12.7. The lowest BCUT2D eigenvalue weighted by Crippen LogP contribution is -2.13. The van der Waals surface area contributed by atoms with Gasteiger partial charge in [-0.15, -0.1) is 0 Å². The Morgan fingerprint density at radius 2 is 2.20 bits per heavy atom. The molecular weight excluding hydrogens is 262 g/mol. The number of hydrogen-bond acceptors (Lipinski definition) is 7. The summed E-state index contributed by atoms with van der Waals surface area (Å²) in [7, 11) is 1.61. The summed E-state index contributed by atoms with van der Waals surface area (Å²) >= 11 is 0. The molecule has 106 valence electrons. The van der Waals surface area contributed by atoms with Crippen LogP contribution in [0, 0.1) is 6.92 Å². The van der Waals surface area contributed by atoms with Crippen molar-refractivity contribution in [3.8, 4) is 17.2 Å². The number of aromatic nitrogens is 2. The summed E-state index contributed by atoms with van der Waals surface area (Å²) in [6.45, 7) is 3.17. The van der Waals surface area contributed by atoms with Crippen LogP contribution in [-0.4, -0.2) is 24.0 Å². The number of nitrogens with zero attached hydrogens (tertiary/aromatic N) is 2. The van der Waals surface area contributed by atoms with E-state index in [0.717, 1.165) is 5.56 Å². The Labute approximate surface area is 115 Å². The molecule has 0 aliphatic carbocycles. The van der Waals surface area contributed by atoms with Gasteiger partial charge in [0.2, 0.25) is 18.4 Å². The van der Waals surface area contributed by atoms with Gasteiger partial charge in [-0.25, -0.2) is 0 Å². The fraction of sp³-hybridized carbons (Fsp3) is 0.385. The van der Waals surface area contributed by atoms with Crippen LogP contribution in [0.5, 0.6) is 17.2 Å². The predicted molar refractivity (Wildman–Crippen MR) is 68.7 cm³/mol. The topological polar surface area (TPSA) is 78.6 Å². The molecule has 2 heterocycles. The SMILES string of the molecule is COc1cc(CNCc2noc(C)n2)cc2c1OCO2. The zero-order valence-electron chi connectivity index (χ0n) is 11.3. The van der Waals surface area contributed by atoms with Crippen molar-refractivity contribution in [1.82, 2.24) is 15.5 Å². The number of aryl methyl sites for hydroxylation is 1. The maximum absolute atomic E-state index is 5.38. The number of ether oxygens (including phenoxy) is 3. The van der Waals surface area contributed by atoms with Gasteiger partial charge in [0.05, 0.1) is 13.7 Å². The Morgan fingerprint density at radius 1 is 1.30 bits per heavy atom. The van der Waals surface area contributed by atoms with Gasteiger partial charge < -0.3 is 24.1 Å². The highest BCUT2D eigenvalue weighted by atomic mass is 16.7. The number of hydrogen-bond donors (Lipinski definition) is 1. The smallest absolute Gasteiger partial charge is 0.231 e. The molecular formula is C13H15N3O4. The van der Waals surface area contributed by atoms with Crippen LogP contribution in [0.1, 0.15) is 17.3 Å². The first-order valence-corrected chi connectivity index (χ1v) is 6.22. The lowest BCUT2D eigenvalue weighted by molar-refractivity contribution is 0.171. The van der Waals surface area contributed by atoms with Crippen molar-refractivity contribution < 1.29 is 18.7 Å². The predicted octanol–water partition coefficient (Wildman–Crippen LogP) is 1.41. The standard InChI is InChI=1S/C13H15N3O4/c1-8-15-12(16-20-8)6-14-5-9-3-10(17-2)13-11(4-9)18-7-19-13/h3-4,14H,5-7H2,1-2H3.